The average Bonchev–Trinajstić information content (AvgIpc) is 2.63. The predicted octanol–water partition coefficient (Wildman–Crippen LogP) is 4.75. The zero-order valence-corrected chi connectivity index (χ0v) is 15.6. The summed E-state index contributed by atoms with van der Waals surface area (Å²) in [5.74, 6) is -9.40. The average molecular weight is 386 g/mol. The molecule has 0 aliphatic rings. The highest BCUT2D eigenvalue weighted by Crippen LogP contribution is 2.25. The summed E-state index contributed by atoms with van der Waals surface area (Å²) in [6, 6.07) is 0.647. The molecule has 0 atom stereocenters. The van der Waals surface area contributed by atoms with E-state index in [0.29, 0.717) is 18.9 Å². The normalized spacial score (nSPS) is 12.0. The minimum Gasteiger partial charge on any atom is -0.377 e. The monoisotopic (exact) mass is 386 g/mol. The van der Waals surface area contributed by atoms with Crippen LogP contribution < -0.4 is 0 Å². The third-order valence-electron chi connectivity index (χ3n) is 4.14. The van der Waals surface area contributed by atoms with Crippen LogP contribution in [0.5, 0.6) is 0 Å². The number of halogens is 5. The molecule has 0 bridgehead atoms. The lowest BCUT2D eigenvalue weighted by atomic mass is 10.0. The van der Waals surface area contributed by atoms with Crippen LogP contribution in [0.2, 0.25) is 6.04 Å². The fourth-order valence-corrected chi connectivity index (χ4v) is 4.40. The maximum Gasteiger partial charge on any atom is 0.500 e. The first-order chi connectivity index (χ1) is 11.8. The van der Waals surface area contributed by atoms with Gasteiger partial charge >= 0.3 is 8.80 Å². The van der Waals surface area contributed by atoms with Crippen molar-refractivity contribution in [2.24, 2.45) is 0 Å². The Morgan fingerprint density at radius 3 is 1.48 bits per heavy atom. The van der Waals surface area contributed by atoms with Gasteiger partial charge < -0.3 is 13.3 Å². The van der Waals surface area contributed by atoms with Crippen molar-refractivity contribution in [2.45, 2.75) is 44.6 Å². The van der Waals surface area contributed by atoms with Gasteiger partial charge in [-0.15, -0.1) is 0 Å². The second-order valence-corrected chi connectivity index (χ2v) is 8.70. The van der Waals surface area contributed by atoms with Crippen molar-refractivity contribution in [1.29, 1.82) is 0 Å². The topological polar surface area (TPSA) is 27.7 Å². The van der Waals surface area contributed by atoms with Gasteiger partial charge in [-0.25, -0.2) is 22.0 Å². The van der Waals surface area contributed by atoms with Crippen LogP contribution in [-0.4, -0.2) is 30.1 Å². The minimum absolute atomic E-state index is 0.196. The zero-order chi connectivity index (χ0) is 19.0. The molecule has 25 heavy (non-hydrogen) atoms. The van der Waals surface area contributed by atoms with Crippen LogP contribution in [0.15, 0.2) is 0 Å². The summed E-state index contributed by atoms with van der Waals surface area (Å²) >= 11 is 0. The van der Waals surface area contributed by atoms with Crippen LogP contribution in [0.3, 0.4) is 0 Å². The maximum absolute atomic E-state index is 13.5. The molecule has 0 amide bonds. The van der Waals surface area contributed by atoms with E-state index in [1.165, 1.54) is 21.3 Å². The Labute approximate surface area is 145 Å². The van der Waals surface area contributed by atoms with Gasteiger partial charge in [0, 0.05) is 32.9 Å². The SMILES string of the molecule is CO[Si](CCCCCCCc1c(F)c(F)c(F)c(F)c1F)(OC)OC. The van der Waals surface area contributed by atoms with E-state index in [0.717, 1.165) is 19.3 Å². The van der Waals surface area contributed by atoms with Gasteiger partial charge in [-0.3, -0.25) is 0 Å². The van der Waals surface area contributed by atoms with E-state index in [4.69, 9.17) is 13.3 Å². The lowest BCUT2D eigenvalue weighted by Gasteiger charge is -2.24. The Kier molecular flexibility index (Phi) is 8.98. The highest BCUT2D eigenvalue weighted by molar-refractivity contribution is 6.60. The Morgan fingerprint density at radius 2 is 1.00 bits per heavy atom. The van der Waals surface area contributed by atoms with Gasteiger partial charge in [0.25, 0.3) is 0 Å². The molecule has 0 spiro atoms. The van der Waals surface area contributed by atoms with Crippen LogP contribution in [0.1, 0.15) is 37.7 Å². The Bertz CT molecular complexity index is 530. The van der Waals surface area contributed by atoms with Crippen LogP contribution in [0, 0.1) is 29.1 Å². The fraction of sp³-hybridized carbons (Fsp3) is 0.625. The fourth-order valence-electron chi connectivity index (χ4n) is 2.60. The Balaban J connectivity index is 2.40. The third-order valence-corrected chi connectivity index (χ3v) is 6.98. The largest absolute Gasteiger partial charge is 0.500 e. The van der Waals surface area contributed by atoms with Crippen molar-refractivity contribution in [1.82, 2.24) is 0 Å². The van der Waals surface area contributed by atoms with Crippen LogP contribution >= 0.6 is 0 Å². The molecule has 0 aromatic heterocycles. The summed E-state index contributed by atoms with van der Waals surface area (Å²) < 4.78 is 82.1. The van der Waals surface area contributed by atoms with Crippen molar-refractivity contribution >= 4 is 8.80 Å². The summed E-state index contributed by atoms with van der Waals surface area (Å²) in [6.45, 7) is 0. The first-order valence-electron chi connectivity index (χ1n) is 7.99. The van der Waals surface area contributed by atoms with Crippen LogP contribution in [0.25, 0.3) is 0 Å². The highest BCUT2D eigenvalue weighted by Gasteiger charge is 2.36. The van der Waals surface area contributed by atoms with Crippen LogP contribution in [-0.2, 0) is 19.7 Å². The van der Waals surface area contributed by atoms with Crippen molar-refractivity contribution in [3.05, 3.63) is 34.6 Å². The molecule has 3 nitrogen and oxygen atoms in total. The first kappa shape index (κ1) is 22.0. The zero-order valence-electron chi connectivity index (χ0n) is 14.6. The molecular weight excluding hydrogens is 363 g/mol. The lowest BCUT2D eigenvalue weighted by Crippen LogP contribution is -2.42. The molecule has 0 aliphatic heterocycles. The third kappa shape index (κ3) is 5.47. The van der Waals surface area contributed by atoms with E-state index in [2.05, 4.69) is 0 Å². The van der Waals surface area contributed by atoms with E-state index >= 15 is 0 Å². The molecule has 0 saturated heterocycles. The van der Waals surface area contributed by atoms with Gasteiger partial charge in [-0.2, -0.15) is 0 Å². The predicted molar refractivity (Wildman–Crippen MR) is 84.6 cm³/mol. The summed E-state index contributed by atoms with van der Waals surface area (Å²) in [5, 5.41) is 0. The van der Waals surface area contributed by atoms with Crippen molar-refractivity contribution in [3.63, 3.8) is 0 Å². The van der Waals surface area contributed by atoms with E-state index in [9.17, 15) is 22.0 Å². The van der Waals surface area contributed by atoms with Gasteiger partial charge in [-0.05, 0) is 19.3 Å². The molecule has 1 rings (SSSR count). The number of unbranched alkanes of at least 4 members (excludes halogenated alkanes) is 4. The number of rotatable bonds is 11. The molecule has 0 saturated carbocycles. The van der Waals surface area contributed by atoms with Crippen molar-refractivity contribution in [3.8, 4) is 0 Å². The summed E-state index contributed by atoms with van der Waals surface area (Å²) in [5.41, 5.74) is -0.749. The molecule has 0 fully saturated rings. The molecule has 1 aromatic carbocycles. The summed E-state index contributed by atoms with van der Waals surface area (Å²) in [6.07, 6.45) is 3.13. The van der Waals surface area contributed by atoms with E-state index in [-0.39, 0.29) is 6.42 Å². The Hall–Kier alpha value is -1.03. The van der Waals surface area contributed by atoms with Gasteiger partial charge in [0.1, 0.15) is 0 Å². The molecule has 0 unspecified atom stereocenters. The van der Waals surface area contributed by atoms with Gasteiger partial charge in [0.2, 0.25) is 5.82 Å². The van der Waals surface area contributed by atoms with E-state index < -0.39 is 43.5 Å². The second kappa shape index (κ2) is 10.2. The van der Waals surface area contributed by atoms with Crippen LogP contribution in [0.4, 0.5) is 22.0 Å². The molecule has 0 N–H and O–H groups in total. The molecule has 0 radical (unpaired) electrons. The van der Waals surface area contributed by atoms with E-state index in [1.54, 1.807) is 0 Å². The molecule has 9 heteroatoms. The maximum atomic E-state index is 13.5. The highest BCUT2D eigenvalue weighted by atomic mass is 28.4. The Morgan fingerprint density at radius 1 is 0.600 bits per heavy atom. The lowest BCUT2D eigenvalue weighted by molar-refractivity contribution is 0.122. The van der Waals surface area contributed by atoms with Crippen molar-refractivity contribution in [2.75, 3.05) is 21.3 Å². The summed E-state index contributed by atoms with van der Waals surface area (Å²) in [7, 11) is 2.00. The van der Waals surface area contributed by atoms with E-state index in [1.807, 2.05) is 0 Å². The number of hydrogen-bond acceptors (Lipinski definition) is 3. The molecule has 1 aromatic rings. The molecule has 0 heterocycles. The van der Waals surface area contributed by atoms with Gasteiger partial charge in [0.05, 0.1) is 0 Å². The quantitative estimate of drug-likeness (QED) is 0.181. The van der Waals surface area contributed by atoms with Crippen molar-refractivity contribution < 1.29 is 35.2 Å². The first-order valence-corrected chi connectivity index (χ1v) is 9.92. The molecule has 144 valence electrons. The molecular formula is C16H23F5O3Si. The smallest absolute Gasteiger partial charge is 0.377 e. The van der Waals surface area contributed by atoms with Gasteiger partial charge in [0.15, 0.2) is 23.3 Å². The standard InChI is InChI=1S/C16H23F5O3Si/c1-22-25(23-2,24-3)10-8-6-4-5-7-9-11-12(17)14(19)16(21)15(20)13(11)18/h4-10H2,1-3H3. The minimum atomic E-state index is -2.59. The number of benzene rings is 1. The number of hydrogen-bond donors (Lipinski definition) is 0. The molecule has 0 aliphatic carbocycles. The summed E-state index contributed by atoms with van der Waals surface area (Å²) in [4.78, 5) is 0. The van der Waals surface area contributed by atoms with Gasteiger partial charge in [-0.1, -0.05) is 19.3 Å². The second-order valence-electron chi connectivity index (χ2n) is 5.61.